The van der Waals surface area contributed by atoms with Crippen molar-refractivity contribution in [3.05, 3.63) is 103 Å². The van der Waals surface area contributed by atoms with Gasteiger partial charge < -0.3 is 25.3 Å². The predicted octanol–water partition coefficient (Wildman–Crippen LogP) is 6.02. The predicted molar refractivity (Wildman–Crippen MR) is 162 cm³/mol. The van der Waals surface area contributed by atoms with Crippen LogP contribution in [0.3, 0.4) is 0 Å². The van der Waals surface area contributed by atoms with Gasteiger partial charge in [0.25, 0.3) is 5.91 Å². The number of amides is 1. The molecule has 0 spiro atoms. The van der Waals surface area contributed by atoms with Gasteiger partial charge in [-0.3, -0.25) is 4.79 Å². The van der Waals surface area contributed by atoms with Crippen molar-refractivity contribution in [3.8, 4) is 5.75 Å². The smallest absolute Gasteiger partial charge is 0.255 e. The molecule has 45 heavy (non-hydrogen) atoms. The van der Waals surface area contributed by atoms with E-state index in [0.29, 0.717) is 22.6 Å². The molecule has 0 bridgehead atoms. The van der Waals surface area contributed by atoms with E-state index in [9.17, 15) is 35.8 Å². The molecule has 0 saturated carbocycles. The van der Waals surface area contributed by atoms with Crippen molar-refractivity contribution < 1.29 is 35.8 Å². The zero-order valence-corrected chi connectivity index (χ0v) is 24.4. The molecule has 14 nitrogen and oxygen atoms in total. The number of nitrogens with zero attached hydrogens (tertiary/aromatic N) is 4. The Bertz CT molecular complexity index is 2200. The number of benzene rings is 5. The Morgan fingerprint density at radius 1 is 0.689 bits per heavy atom. The van der Waals surface area contributed by atoms with Crippen LogP contribution in [0.25, 0.3) is 10.8 Å². The maximum absolute atomic E-state index is 12.6. The number of phenols is 1. The second-order valence-corrected chi connectivity index (χ2v) is 12.1. The fraction of sp³-hybridized carbons (Fsp3) is 0. The van der Waals surface area contributed by atoms with E-state index in [1.54, 1.807) is 12.1 Å². The Hall–Kier alpha value is -5.55. The summed E-state index contributed by atoms with van der Waals surface area (Å²) in [5.74, 6) is -1.07. The number of phenolic OH excluding ortho intramolecular Hbond substituents is 1. The van der Waals surface area contributed by atoms with Gasteiger partial charge in [-0.25, -0.2) is 16.8 Å². The zero-order valence-electron chi connectivity index (χ0n) is 22.7. The molecule has 0 unspecified atom stereocenters. The number of anilines is 2. The van der Waals surface area contributed by atoms with Gasteiger partial charge in [0.15, 0.2) is 5.75 Å². The first-order valence-electron chi connectivity index (χ1n) is 12.7. The summed E-state index contributed by atoms with van der Waals surface area (Å²) < 4.78 is 69.5. The lowest BCUT2D eigenvalue weighted by Gasteiger charge is -2.14. The van der Waals surface area contributed by atoms with Crippen LogP contribution in [0.5, 0.6) is 5.75 Å². The molecule has 5 aromatic rings. The zero-order chi connectivity index (χ0) is 32.4. The minimum atomic E-state index is -5.13. The highest BCUT2D eigenvalue weighted by atomic mass is 32.2. The van der Waals surface area contributed by atoms with E-state index in [1.165, 1.54) is 66.7 Å². The Morgan fingerprint density at radius 3 is 1.76 bits per heavy atom. The average Bonchev–Trinajstić information content (AvgIpc) is 2.99. The lowest BCUT2D eigenvalue weighted by Crippen LogP contribution is -2.11. The van der Waals surface area contributed by atoms with Gasteiger partial charge in [0.05, 0.1) is 26.9 Å². The Labute approximate surface area is 256 Å². The summed E-state index contributed by atoms with van der Waals surface area (Å²) >= 11 is 0. The number of hydrogen-bond donors (Lipinski definition) is 3. The van der Waals surface area contributed by atoms with Gasteiger partial charge in [0.2, 0.25) is 0 Å². The second kappa shape index (κ2) is 12.2. The van der Waals surface area contributed by atoms with Crippen molar-refractivity contribution in [3.63, 3.8) is 0 Å². The Morgan fingerprint density at radius 2 is 1.22 bits per heavy atom. The molecule has 0 saturated heterocycles. The van der Waals surface area contributed by atoms with Gasteiger partial charge in [-0.15, -0.1) is 5.11 Å². The van der Waals surface area contributed by atoms with Gasteiger partial charge >= 0.3 is 0 Å². The minimum Gasteiger partial charge on any atom is -0.744 e. The highest BCUT2D eigenvalue weighted by Gasteiger charge is 2.18. The van der Waals surface area contributed by atoms with E-state index in [1.807, 2.05) is 0 Å². The number of nitrogens with one attached hydrogen (secondary N) is 1. The summed E-state index contributed by atoms with van der Waals surface area (Å²) in [6.45, 7) is 0. The molecule has 0 heterocycles. The van der Waals surface area contributed by atoms with Crippen molar-refractivity contribution in [1.29, 1.82) is 0 Å². The normalized spacial score (nSPS) is 12.2. The van der Waals surface area contributed by atoms with E-state index in [0.717, 1.165) is 18.2 Å². The summed E-state index contributed by atoms with van der Waals surface area (Å²) in [5.41, 5.74) is 7.04. The molecule has 4 N–H and O–H groups in total. The number of carbonyl (C=O) groups is 1. The number of hydrogen-bond acceptors (Lipinski definition) is 13. The fourth-order valence-electron chi connectivity index (χ4n) is 4.04. The number of nitrogens with two attached hydrogens (primary N) is 1. The lowest BCUT2D eigenvalue weighted by molar-refractivity contribution is 0.102. The number of rotatable bonds is 8. The van der Waals surface area contributed by atoms with Crippen LogP contribution in [0.15, 0.2) is 127 Å². The second-order valence-electron chi connectivity index (χ2n) is 9.40. The first-order valence-corrected chi connectivity index (χ1v) is 15.5. The molecule has 0 aliphatic carbocycles. The molecule has 5 rings (SSSR count). The fourth-order valence-corrected chi connectivity index (χ4v) is 5.16. The van der Waals surface area contributed by atoms with E-state index in [2.05, 4.69) is 25.8 Å². The Balaban J connectivity index is 1.38. The van der Waals surface area contributed by atoms with E-state index >= 15 is 0 Å². The van der Waals surface area contributed by atoms with Crippen LogP contribution >= 0.6 is 0 Å². The van der Waals surface area contributed by atoms with E-state index in [-0.39, 0.29) is 22.1 Å². The number of fused-ring (bicyclic) bond motifs is 1. The third-order valence-electron chi connectivity index (χ3n) is 6.27. The molecule has 228 valence electrons. The number of carbonyl (C=O) groups excluding carboxylic acids is 1. The van der Waals surface area contributed by atoms with Crippen LogP contribution in [0.1, 0.15) is 10.4 Å². The van der Waals surface area contributed by atoms with Crippen LogP contribution in [-0.4, -0.2) is 37.0 Å². The van der Waals surface area contributed by atoms with Crippen molar-refractivity contribution in [2.24, 2.45) is 20.5 Å². The number of nitrogen functional groups attached to an aromatic ring is 1. The monoisotopic (exact) mass is 644 g/mol. The van der Waals surface area contributed by atoms with Crippen LogP contribution in [0.4, 0.5) is 34.1 Å². The standard InChI is InChI=1S/C29H22N6O8S2/c30-19-3-1-17(2-4-19)29(37)31-23-11-14-25-18(15-23)16-26(45(41,42)43)27(28(25)36)35-34-21-7-5-20(6-8-21)32-33-22-9-12-24(13-10-22)44(38,39)40/h1-16,36H,30H2,(H,31,37)(H,38,39,40)(H,41,42,43)/p-2. The van der Waals surface area contributed by atoms with Gasteiger partial charge in [-0.1, -0.05) is 0 Å². The molecule has 1 amide bonds. The maximum atomic E-state index is 12.6. The molecule has 0 aliphatic heterocycles. The first-order chi connectivity index (χ1) is 21.3. The van der Waals surface area contributed by atoms with Crippen LogP contribution in [0, 0.1) is 0 Å². The molecule has 0 atom stereocenters. The lowest BCUT2D eigenvalue weighted by atomic mass is 10.1. The quantitative estimate of drug-likeness (QED) is 0.101. The number of azo groups is 2. The van der Waals surface area contributed by atoms with Crippen LogP contribution in [0.2, 0.25) is 0 Å². The van der Waals surface area contributed by atoms with Crippen molar-refractivity contribution in [2.75, 3.05) is 11.1 Å². The summed E-state index contributed by atoms with van der Waals surface area (Å²) in [4.78, 5) is 11.4. The van der Waals surface area contributed by atoms with Gasteiger partial charge in [-0.2, -0.15) is 15.3 Å². The van der Waals surface area contributed by atoms with Gasteiger partial charge in [0.1, 0.15) is 25.9 Å². The molecule has 0 radical (unpaired) electrons. The summed E-state index contributed by atoms with van der Waals surface area (Å²) in [7, 11) is -9.71. The highest BCUT2D eigenvalue weighted by Crippen LogP contribution is 2.42. The summed E-state index contributed by atoms with van der Waals surface area (Å²) in [6, 6.07) is 22.3. The average molecular weight is 645 g/mol. The van der Waals surface area contributed by atoms with E-state index in [4.69, 9.17) is 5.73 Å². The Kier molecular flexibility index (Phi) is 8.38. The van der Waals surface area contributed by atoms with Gasteiger partial charge in [0, 0.05) is 22.3 Å². The molecule has 0 aliphatic rings. The van der Waals surface area contributed by atoms with E-state index < -0.39 is 47.4 Å². The molecule has 5 aromatic carbocycles. The van der Waals surface area contributed by atoms with Crippen molar-refractivity contribution in [1.82, 2.24) is 0 Å². The third kappa shape index (κ3) is 7.34. The van der Waals surface area contributed by atoms with Gasteiger partial charge in [-0.05, 0) is 102 Å². The van der Waals surface area contributed by atoms with Crippen molar-refractivity contribution in [2.45, 2.75) is 9.79 Å². The van der Waals surface area contributed by atoms with Crippen LogP contribution in [-0.2, 0) is 20.2 Å². The highest BCUT2D eigenvalue weighted by molar-refractivity contribution is 7.86. The third-order valence-corrected chi connectivity index (χ3v) is 7.97. The van der Waals surface area contributed by atoms with Crippen molar-refractivity contribution >= 4 is 71.0 Å². The molecule has 16 heteroatoms. The molecular formula is C29H20N6O8S2-2. The first kappa shape index (κ1) is 30.9. The minimum absolute atomic E-state index is 0.148. The molecule has 0 aromatic heterocycles. The molecule has 0 fully saturated rings. The largest absolute Gasteiger partial charge is 0.744 e. The molecular weight excluding hydrogens is 624 g/mol. The summed E-state index contributed by atoms with van der Waals surface area (Å²) in [6.07, 6.45) is 0. The summed E-state index contributed by atoms with van der Waals surface area (Å²) in [5, 5.41) is 29.6. The van der Waals surface area contributed by atoms with Crippen LogP contribution < -0.4 is 11.1 Å². The topological polar surface area (TPSA) is 239 Å². The maximum Gasteiger partial charge on any atom is 0.255 e. The SMILES string of the molecule is Nc1ccc(C(=O)Nc2ccc3c(O)c(N=Nc4ccc(N=Nc5ccc(S(=O)(=O)[O-])cc5)cc4)c(S(=O)(=O)[O-])cc3c2)cc1. The number of aromatic hydroxyl groups is 1.